The van der Waals surface area contributed by atoms with E-state index in [0.717, 1.165) is 27.7 Å². The predicted molar refractivity (Wildman–Crippen MR) is 107 cm³/mol. The summed E-state index contributed by atoms with van der Waals surface area (Å²) < 4.78 is 5.13. The van der Waals surface area contributed by atoms with E-state index in [0.29, 0.717) is 31.8 Å². The molecule has 0 N–H and O–H groups in total. The molecule has 0 radical (unpaired) electrons. The van der Waals surface area contributed by atoms with E-state index in [2.05, 4.69) is 4.98 Å². The first-order valence-corrected chi connectivity index (χ1v) is 9.64. The molecule has 2 aliphatic rings. The number of benzene rings is 1. The van der Waals surface area contributed by atoms with E-state index in [9.17, 15) is 9.59 Å². The summed E-state index contributed by atoms with van der Waals surface area (Å²) >= 11 is 0. The van der Waals surface area contributed by atoms with Crippen molar-refractivity contribution in [2.45, 2.75) is 13.0 Å². The van der Waals surface area contributed by atoms with E-state index >= 15 is 0 Å². The molecule has 0 unspecified atom stereocenters. The maximum absolute atomic E-state index is 13.5. The van der Waals surface area contributed by atoms with Crippen LogP contribution >= 0.6 is 0 Å². The average molecular weight is 388 g/mol. The largest absolute Gasteiger partial charge is 0.447 e. The highest BCUT2D eigenvalue weighted by molar-refractivity contribution is 6.07. The van der Waals surface area contributed by atoms with Gasteiger partial charge in [-0.05, 0) is 37.3 Å². The highest BCUT2D eigenvalue weighted by Gasteiger charge is 2.39. The number of carbonyl (C=O) groups excluding carboxylic acids is 2. The van der Waals surface area contributed by atoms with Crippen LogP contribution in [0.4, 0.5) is 4.79 Å². The number of cyclic esters (lactones) is 1. The van der Waals surface area contributed by atoms with Crippen LogP contribution < -0.4 is 0 Å². The van der Waals surface area contributed by atoms with Crippen molar-refractivity contribution in [3.05, 3.63) is 59.9 Å². The van der Waals surface area contributed by atoms with Crippen molar-refractivity contribution in [3.63, 3.8) is 0 Å². The summed E-state index contributed by atoms with van der Waals surface area (Å²) in [5.41, 5.74) is 4.05. The van der Waals surface area contributed by atoms with Crippen molar-refractivity contribution in [1.82, 2.24) is 19.8 Å². The quantitative estimate of drug-likeness (QED) is 0.675. The Morgan fingerprint density at radius 2 is 2.10 bits per heavy atom. The SMILES string of the molecule is Cc1ccc2nc(-c3cccnc3)cc(C(=O)N3CCN4C(=O)OC[C@H]4C3)c2c1. The van der Waals surface area contributed by atoms with E-state index in [1.54, 1.807) is 17.3 Å². The Labute approximate surface area is 167 Å². The molecule has 2 fully saturated rings. The van der Waals surface area contributed by atoms with Gasteiger partial charge in [-0.2, -0.15) is 0 Å². The van der Waals surface area contributed by atoms with Gasteiger partial charge in [0.1, 0.15) is 6.61 Å². The molecule has 146 valence electrons. The minimum Gasteiger partial charge on any atom is -0.447 e. The molecular weight excluding hydrogens is 368 g/mol. The Morgan fingerprint density at radius 1 is 1.21 bits per heavy atom. The van der Waals surface area contributed by atoms with Gasteiger partial charge in [0, 0.05) is 43.0 Å². The summed E-state index contributed by atoms with van der Waals surface area (Å²) in [4.78, 5) is 37.7. The van der Waals surface area contributed by atoms with Crippen LogP contribution in [0.15, 0.2) is 48.8 Å². The van der Waals surface area contributed by atoms with Crippen LogP contribution in [0, 0.1) is 6.92 Å². The van der Waals surface area contributed by atoms with Gasteiger partial charge in [0.05, 0.1) is 22.8 Å². The van der Waals surface area contributed by atoms with Crippen molar-refractivity contribution in [3.8, 4) is 11.3 Å². The fourth-order valence-electron chi connectivity index (χ4n) is 4.02. The monoisotopic (exact) mass is 388 g/mol. The van der Waals surface area contributed by atoms with Crippen LogP contribution in [0.25, 0.3) is 22.2 Å². The molecule has 7 nitrogen and oxygen atoms in total. The molecule has 2 aliphatic heterocycles. The van der Waals surface area contributed by atoms with Gasteiger partial charge in [-0.25, -0.2) is 9.78 Å². The first-order valence-electron chi connectivity index (χ1n) is 9.64. The van der Waals surface area contributed by atoms with Crippen molar-refractivity contribution in [2.24, 2.45) is 0 Å². The molecule has 2 amide bonds. The molecule has 7 heteroatoms. The number of aromatic nitrogens is 2. The number of pyridine rings is 2. The summed E-state index contributed by atoms with van der Waals surface area (Å²) in [5.74, 6) is -0.0489. The van der Waals surface area contributed by atoms with E-state index in [1.807, 2.05) is 48.2 Å². The average Bonchev–Trinajstić information content (AvgIpc) is 3.13. The number of rotatable bonds is 2. The molecule has 29 heavy (non-hydrogen) atoms. The first-order chi connectivity index (χ1) is 14.1. The topological polar surface area (TPSA) is 75.6 Å². The second kappa shape index (κ2) is 6.84. The summed E-state index contributed by atoms with van der Waals surface area (Å²) in [5, 5.41) is 0.837. The molecule has 1 atom stereocenters. The number of amides is 2. The highest BCUT2D eigenvalue weighted by atomic mass is 16.6. The molecule has 4 heterocycles. The molecule has 5 rings (SSSR count). The fraction of sp³-hybridized carbons (Fsp3) is 0.273. The van der Waals surface area contributed by atoms with E-state index in [1.165, 1.54) is 0 Å². The molecule has 0 spiro atoms. The zero-order valence-corrected chi connectivity index (χ0v) is 16.0. The van der Waals surface area contributed by atoms with Crippen LogP contribution in [0.5, 0.6) is 0 Å². The number of fused-ring (bicyclic) bond motifs is 2. The lowest BCUT2D eigenvalue weighted by Crippen LogP contribution is -2.53. The lowest BCUT2D eigenvalue weighted by atomic mass is 10.0. The molecule has 3 aromatic rings. The predicted octanol–water partition coefficient (Wildman–Crippen LogP) is 2.88. The lowest BCUT2D eigenvalue weighted by Gasteiger charge is -2.35. The Balaban J connectivity index is 1.57. The zero-order chi connectivity index (χ0) is 20.0. The molecule has 0 bridgehead atoms. The van der Waals surface area contributed by atoms with Crippen molar-refractivity contribution < 1.29 is 14.3 Å². The van der Waals surface area contributed by atoms with Crippen LogP contribution in [-0.4, -0.2) is 64.1 Å². The van der Waals surface area contributed by atoms with Crippen molar-refractivity contribution >= 4 is 22.9 Å². The van der Waals surface area contributed by atoms with Gasteiger partial charge >= 0.3 is 6.09 Å². The fourth-order valence-corrected chi connectivity index (χ4v) is 4.02. The number of aryl methyl sites for hydroxylation is 1. The smallest absolute Gasteiger partial charge is 0.410 e. The number of ether oxygens (including phenoxy) is 1. The van der Waals surface area contributed by atoms with Gasteiger partial charge in [0.25, 0.3) is 5.91 Å². The van der Waals surface area contributed by atoms with Crippen LogP contribution in [0.3, 0.4) is 0 Å². The third-order valence-corrected chi connectivity index (χ3v) is 5.56. The zero-order valence-electron chi connectivity index (χ0n) is 16.0. The summed E-state index contributed by atoms with van der Waals surface area (Å²) in [6.07, 6.45) is 3.17. The van der Waals surface area contributed by atoms with Crippen molar-refractivity contribution in [2.75, 3.05) is 26.2 Å². The Bertz CT molecular complexity index is 1120. The molecule has 2 saturated heterocycles. The van der Waals surface area contributed by atoms with Gasteiger partial charge in [0.15, 0.2) is 0 Å². The maximum Gasteiger partial charge on any atom is 0.410 e. The molecule has 0 saturated carbocycles. The third kappa shape index (κ3) is 3.08. The number of carbonyl (C=O) groups is 2. The van der Waals surface area contributed by atoms with Gasteiger partial charge < -0.3 is 9.64 Å². The van der Waals surface area contributed by atoms with E-state index in [-0.39, 0.29) is 18.0 Å². The van der Waals surface area contributed by atoms with Crippen LogP contribution in [0.1, 0.15) is 15.9 Å². The minimum absolute atomic E-state index is 0.0489. The summed E-state index contributed by atoms with van der Waals surface area (Å²) in [6.45, 7) is 3.79. The number of hydrogen-bond donors (Lipinski definition) is 0. The molecule has 2 aromatic heterocycles. The standard InChI is InChI=1S/C22H20N4O3/c1-14-4-5-19-17(9-14)18(10-20(24-19)15-3-2-6-23-11-15)21(27)25-7-8-26-16(12-25)13-29-22(26)28/h2-6,9-11,16H,7-8,12-13H2,1H3/t16-/m1/s1. The third-order valence-electron chi connectivity index (χ3n) is 5.56. The highest BCUT2D eigenvalue weighted by Crippen LogP contribution is 2.27. The van der Waals surface area contributed by atoms with E-state index < -0.39 is 0 Å². The number of piperazine rings is 1. The Morgan fingerprint density at radius 3 is 2.93 bits per heavy atom. The molecule has 1 aromatic carbocycles. The Hall–Kier alpha value is -3.48. The van der Waals surface area contributed by atoms with Gasteiger partial charge in [-0.3, -0.25) is 14.7 Å². The summed E-state index contributed by atoms with van der Waals surface area (Å²) in [6, 6.07) is 11.5. The molecular formula is C22H20N4O3. The Kier molecular flexibility index (Phi) is 4.16. The van der Waals surface area contributed by atoms with Crippen molar-refractivity contribution in [1.29, 1.82) is 0 Å². The maximum atomic E-state index is 13.5. The minimum atomic E-state index is -0.286. The van der Waals surface area contributed by atoms with Gasteiger partial charge in [0.2, 0.25) is 0 Å². The molecule has 0 aliphatic carbocycles. The van der Waals surface area contributed by atoms with Crippen LogP contribution in [-0.2, 0) is 4.74 Å². The number of nitrogens with zero attached hydrogens (tertiary/aromatic N) is 4. The van der Waals surface area contributed by atoms with Crippen LogP contribution in [0.2, 0.25) is 0 Å². The van der Waals surface area contributed by atoms with Gasteiger partial charge in [-0.15, -0.1) is 0 Å². The van der Waals surface area contributed by atoms with Gasteiger partial charge in [-0.1, -0.05) is 11.6 Å². The number of hydrogen-bond acceptors (Lipinski definition) is 5. The second-order valence-electron chi connectivity index (χ2n) is 7.49. The summed E-state index contributed by atoms with van der Waals surface area (Å²) in [7, 11) is 0. The second-order valence-corrected chi connectivity index (χ2v) is 7.49. The van der Waals surface area contributed by atoms with E-state index in [4.69, 9.17) is 9.72 Å². The normalized spacial score (nSPS) is 18.7. The lowest BCUT2D eigenvalue weighted by molar-refractivity contribution is 0.0619. The first kappa shape index (κ1) is 17.6.